The molecule has 0 aliphatic heterocycles. The topological polar surface area (TPSA) is 64.3 Å². The van der Waals surface area contributed by atoms with Gasteiger partial charge < -0.3 is 15.8 Å². The number of alkyl carbamates (subject to hydrolysis) is 1. The molecule has 4 heteroatoms. The third-order valence-electron chi connectivity index (χ3n) is 2.70. The molecule has 0 spiro atoms. The van der Waals surface area contributed by atoms with E-state index in [0.29, 0.717) is 18.5 Å². The van der Waals surface area contributed by atoms with Gasteiger partial charge >= 0.3 is 6.09 Å². The molecule has 1 aliphatic rings. The van der Waals surface area contributed by atoms with E-state index in [0.717, 1.165) is 19.3 Å². The summed E-state index contributed by atoms with van der Waals surface area (Å²) in [4.78, 5) is 11.2. The number of carbonyl (C=O) groups is 1. The highest BCUT2D eigenvalue weighted by molar-refractivity contribution is 5.67. The van der Waals surface area contributed by atoms with Gasteiger partial charge in [-0.15, -0.1) is 0 Å². The first-order chi connectivity index (χ1) is 7.08. The standard InChI is InChI=1S/C11H22N2O2/c1-8(2)15-11(14)13-7-9-4-3-5-10(12)6-9/h8-10H,3-7,12H2,1-2H3,(H,13,14). The summed E-state index contributed by atoms with van der Waals surface area (Å²) < 4.78 is 4.99. The quantitative estimate of drug-likeness (QED) is 0.750. The normalized spacial score (nSPS) is 26.4. The Morgan fingerprint density at radius 1 is 1.53 bits per heavy atom. The van der Waals surface area contributed by atoms with Crippen LogP contribution in [0.25, 0.3) is 0 Å². The van der Waals surface area contributed by atoms with Gasteiger partial charge in [0.05, 0.1) is 6.10 Å². The Hall–Kier alpha value is -0.770. The smallest absolute Gasteiger partial charge is 0.407 e. The molecule has 2 atom stereocenters. The minimum Gasteiger partial charge on any atom is -0.447 e. The lowest BCUT2D eigenvalue weighted by atomic mass is 9.86. The summed E-state index contributed by atoms with van der Waals surface area (Å²) in [5, 5.41) is 2.79. The summed E-state index contributed by atoms with van der Waals surface area (Å²) in [7, 11) is 0. The fourth-order valence-corrected chi connectivity index (χ4v) is 2.00. The van der Waals surface area contributed by atoms with Gasteiger partial charge in [0, 0.05) is 12.6 Å². The van der Waals surface area contributed by atoms with E-state index in [1.54, 1.807) is 0 Å². The molecule has 0 aromatic carbocycles. The van der Waals surface area contributed by atoms with Crippen LogP contribution in [0.2, 0.25) is 0 Å². The van der Waals surface area contributed by atoms with E-state index in [2.05, 4.69) is 5.32 Å². The summed E-state index contributed by atoms with van der Waals surface area (Å²) in [6.45, 7) is 4.38. The molecule has 0 bridgehead atoms. The Morgan fingerprint density at radius 2 is 2.27 bits per heavy atom. The maximum atomic E-state index is 11.2. The van der Waals surface area contributed by atoms with Gasteiger partial charge in [0.2, 0.25) is 0 Å². The molecule has 2 unspecified atom stereocenters. The SMILES string of the molecule is CC(C)OC(=O)NCC1CCCC(N)C1. The largest absolute Gasteiger partial charge is 0.447 e. The van der Waals surface area contributed by atoms with Gasteiger partial charge in [-0.2, -0.15) is 0 Å². The Labute approximate surface area is 91.5 Å². The highest BCUT2D eigenvalue weighted by Crippen LogP contribution is 2.22. The molecule has 1 aliphatic carbocycles. The number of carbonyl (C=O) groups excluding carboxylic acids is 1. The first-order valence-electron chi connectivity index (χ1n) is 5.78. The van der Waals surface area contributed by atoms with Crippen molar-refractivity contribution in [1.29, 1.82) is 0 Å². The van der Waals surface area contributed by atoms with Crippen LogP contribution < -0.4 is 11.1 Å². The number of ether oxygens (including phenoxy) is 1. The second-order valence-electron chi connectivity index (χ2n) is 4.63. The maximum absolute atomic E-state index is 11.2. The lowest BCUT2D eigenvalue weighted by Crippen LogP contribution is -2.36. The molecule has 88 valence electrons. The number of hydrogen-bond acceptors (Lipinski definition) is 3. The zero-order chi connectivity index (χ0) is 11.3. The second-order valence-corrected chi connectivity index (χ2v) is 4.63. The van der Waals surface area contributed by atoms with Crippen LogP contribution in [0.5, 0.6) is 0 Å². The first kappa shape index (κ1) is 12.3. The second kappa shape index (κ2) is 5.95. The number of rotatable bonds is 3. The van der Waals surface area contributed by atoms with Crippen molar-refractivity contribution in [3.8, 4) is 0 Å². The lowest BCUT2D eigenvalue weighted by molar-refractivity contribution is 0.113. The average molecular weight is 214 g/mol. The van der Waals surface area contributed by atoms with Crippen LogP contribution in [0.15, 0.2) is 0 Å². The Bertz CT molecular complexity index is 207. The van der Waals surface area contributed by atoms with Crippen LogP contribution in [0.4, 0.5) is 4.79 Å². The molecule has 15 heavy (non-hydrogen) atoms. The van der Waals surface area contributed by atoms with E-state index in [9.17, 15) is 4.79 Å². The van der Waals surface area contributed by atoms with Crippen molar-refractivity contribution >= 4 is 6.09 Å². The highest BCUT2D eigenvalue weighted by Gasteiger charge is 2.19. The van der Waals surface area contributed by atoms with Gasteiger partial charge in [-0.05, 0) is 39.0 Å². The molecule has 0 heterocycles. The molecule has 0 radical (unpaired) electrons. The predicted molar refractivity (Wildman–Crippen MR) is 59.6 cm³/mol. The molecule has 4 nitrogen and oxygen atoms in total. The summed E-state index contributed by atoms with van der Waals surface area (Å²) in [5.41, 5.74) is 5.87. The molecule has 3 N–H and O–H groups in total. The molecule has 0 aromatic heterocycles. The van der Waals surface area contributed by atoms with Gasteiger partial charge in [0.25, 0.3) is 0 Å². The van der Waals surface area contributed by atoms with Crippen LogP contribution >= 0.6 is 0 Å². The lowest BCUT2D eigenvalue weighted by Gasteiger charge is -2.26. The van der Waals surface area contributed by atoms with Crippen LogP contribution in [0.1, 0.15) is 39.5 Å². The maximum Gasteiger partial charge on any atom is 0.407 e. The Balaban J connectivity index is 2.16. The summed E-state index contributed by atoms with van der Waals surface area (Å²) >= 11 is 0. The van der Waals surface area contributed by atoms with E-state index in [1.807, 2.05) is 13.8 Å². The van der Waals surface area contributed by atoms with E-state index in [1.165, 1.54) is 6.42 Å². The van der Waals surface area contributed by atoms with E-state index >= 15 is 0 Å². The molecular formula is C11H22N2O2. The van der Waals surface area contributed by atoms with E-state index in [4.69, 9.17) is 10.5 Å². The summed E-state index contributed by atoms with van der Waals surface area (Å²) in [6, 6.07) is 0.312. The highest BCUT2D eigenvalue weighted by atomic mass is 16.6. The zero-order valence-electron chi connectivity index (χ0n) is 9.66. The van der Waals surface area contributed by atoms with Crippen molar-refractivity contribution in [3.63, 3.8) is 0 Å². The number of nitrogens with one attached hydrogen (secondary N) is 1. The van der Waals surface area contributed by atoms with Crippen molar-refractivity contribution in [2.75, 3.05) is 6.54 Å². The molecule has 1 amide bonds. The van der Waals surface area contributed by atoms with Crippen molar-refractivity contribution < 1.29 is 9.53 Å². The van der Waals surface area contributed by atoms with Gasteiger partial charge in [0.1, 0.15) is 0 Å². The van der Waals surface area contributed by atoms with Gasteiger partial charge in [-0.25, -0.2) is 4.79 Å². The predicted octanol–water partition coefficient (Wildman–Crippen LogP) is 1.64. The number of hydrogen-bond donors (Lipinski definition) is 2. The van der Waals surface area contributed by atoms with Gasteiger partial charge in [-0.1, -0.05) is 6.42 Å². The van der Waals surface area contributed by atoms with Crippen LogP contribution in [0.3, 0.4) is 0 Å². The Kier molecular flexibility index (Phi) is 4.88. The van der Waals surface area contributed by atoms with E-state index < -0.39 is 0 Å². The van der Waals surface area contributed by atoms with E-state index in [-0.39, 0.29) is 12.2 Å². The average Bonchev–Trinajstić information content (AvgIpc) is 2.14. The van der Waals surface area contributed by atoms with Gasteiger partial charge in [0.15, 0.2) is 0 Å². The minimum absolute atomic E-state index is 0.0568. The summed E-state index contributed by atoms with van der Waals surface area (Å²) in [6.07, 6.45) is 4.10. The molecule has 1 saturated carbocycles. The number of nitrogens with two attached hydrogens (primary N) is 1. The third-order valence-corrected chi connectivity index (χ3v) is 2.70. The molecule has 0 aromatic rings. The fraction of sp³-hybridized carbons (Fsp3) is 0.909. The van der Waals surface area contributed by atoms with Crippen molar-refractivity contribution in [2.45, 2.75) is 51.7 Å². The number of amides is 1. The molecule has 0 saturated heterocycles. The van der Waals surface area contributed by atoms with Gasteiger partial charge in [-0.3, -0.25) is 0 Å². The fourth-order valence-electron chi connectivity index (χ4n) is 2.00. The van der Waals surface area contributed by atoms with Crippen LogP contribution in [0, 0.1) is 5.92 Å². The molecule has 1 rings (SSSR count). The van der Waals surface area contributed by atoms with Crippen LogP contribution in [-0.2, 0) is 4.74 Å². The van der Waals surface area contributed by atoms with Crippen molar-refractivity contribution in [3.05, 3.63) is 0 Å². The van der Waals surface area contributed by atoms with Crippen LogP contribution in [-0.4, -0.2) is 24.8 Å². The van der Waals surface area contributed by atoms with Crippen molar-refractivity contribution in [2.24, 2.45) is 11.7 Å². The molecule has 1 fully saturated rings. The Morgan fingerprint density at radius 3 is 2.87 bits per heavy atom. The molecular weight excluding hydrogens is 192 g/mol. The zero-order valence-corrected chi connectivity index (χ0v) is 9.66. The van der Waals surface area contributed by atoms with Crippen molar-refractivity contribution in [1.82, 2.24) is 5.32 Å². The minimum atomic E-state index is -0.316. The first-order valence-corrected chi connectivity index (χ1v) is 5.78. The third kappa shape index (κ3) is 5.02. The monoisotopic (exact) mass is 214 g/mol. The summed E-state index contributed by atoms with van der Waals surface area (Å²) in [5.74, 6) is 0.522.